The van der Waals surface area contributed by atoms with E-state index in [0.717, 1.165) is 4.90 Å². The SMILES string of the molecule is COc1cccc(/C=C(\NC(=O)c2ccccc2)C(=O)Nc2ccc(SCC(=O)Nc3cc(Cl)c(OC)cc3OC)cc2)c1. The van der Waals surface area contributed by atoms with Gasteiger partial charge in [0.15, 0.2) is 0 Å². The van der Waals surface area contributed by atoms with Crippen LogP contribution < -0.4 is 30.2 Å². The molecule has 4 rings (SSSR count). The minimum atomic E-state index is -0.510. The van der Waals surface area contributed by atoms with Crippen LogP contribution in [0.25, 0.3) is 6.08 Å². The first-order valence-corrected chi connectivity index (χ1v) is 14.6. The van der Waals surface area contributed by atoms with Crippen LogP contribution in [0.3, 0.4) is 0 Å². The number of ether oxygens (including phenoxy) is 3. The molecule has 44 heavy (non-hydrogen) atoms. The number of amides is 3. The van der Waals surface area contributed by atoms with E-state index in [-0.39, 0.29) is 17.4 Å². The summed E-state index contributed by atoms with van der Waals surface area (Å²) in [6.07, 6.45) is 1.58. The van der Waals surface area contributed by atoms with Gasteiger partial charge in [-0.05, 0) is 66.2 Å². The maximum Gasteiger partial charge on any atom is 0.272 e. The Morgan fingerprint density at radius 3 is 2.20 bits per heavy atom. The van der Waals surface area contributed by atoms with Gasteiger partial charge in [0.2, 0.25) is 5.91 Å². The fourth-order valence-electron chi connectivity index (χ4n) is 3.97. The largest absolute Gasteiger partial charge is 0.497 e. The molecule has 0 aromatic heterocycles. The fraction of sp³-hybridized carbons (Fsp3) is 0.121. The van der Waals surface area contributed by atoms with E-state index in [1.807, 2.05) is 0 Å². The quantitative estimate of drug-likeness (QED) is 0.121. The highest BCUT2D eigenvalue weighted by Gasteiger charge is 2.16. The average molecular weight is 632 g/mol. The molecule has 9 nitrogen and oxygen atoms in total. The number of hydrogen-bond acceptors (Lipinski definition) is 7. The van der Waals surface area contributed by atoms with Crippen LogP contribution in [-0.2, 0) is 9.59 Å². The molecule has 0 unspecified atom stereocenters. The van der Waals surface area contributed by atoms with Crippen molar-refractivity contribution in [3.63, 3.8) is 0 Å². The van der Waals surface area contributed by atoms with Crippen LogP contribution in [0.5, 0.6) is 17.2 Å². The Morgan fingerprint density at radius 2 is 1.52 bits per heavy atom. The maximum atomic E-state index is 13.3. The molecule has 4 aromatic rings. The van der Waals surface area contributed by atoms with Crippen molar-refractivity contribution < 1.29 is 28.6 Å². The number of nitrogens with one attached hydrogen (secondary N) is 3. The molecule has 0 saturated heterocycles. The molecular formula is C33H30ClN3O6S. The van der Waals surface area contributed by atoms with E-state index in [9.17, 15) is 14.4 Å². The van der Waals surface area contributed by atoms with E-state index in [4.69, 9.17) is 25.8 Å². The smallest absolute Gasteiger partial charge is 0.272 e. The van der Waals surface area contributed by atoms with Crippen molar-refractivity contribution in [1.82, 2.24) is 5.32 Å². The second-order valence-corrected chi connectivity index (χ2v) is 10.6. The van der Waals surface area contributed by atoms with Gasteiger partial charge in [0.1, 0.15) is 22.9 Å². The zero-order valence-corrected chi connectivity index (χ0v) is 25.8. The number of halogens is 1. The summed E-state index contributed by atoms with van der Waals surface area (Å²) in [6, 6.07) is 25.9. The highest BCUT2D eigenvalue weighted by Crippen LogP contribution is 2.36. The van der Waals surface area contributed by atoms with E-state index in [0.29, 0.717) is 44.8 Å². The molecule has 226 valence electrons. The number of anilines is 2. The van der Waals surface area contributed by atoms with Gasteiger partial charge in [0, 0.05) is 22.2 Å². The van der Waals surface area contributed by atoms with Crippen molar-refractivity contribution in [3.8, 4) is 17.2 Å². The summed E-state index contributed by atoms with van der Waals surface area (Å²) < 4.78 is 15.8. The Morgan fingerprint density at radius 1 is 0.795 bits per heavy atom. The van der Waals surface area contributed by atoms with Gasteiger partial charge >= 0.3 is 0 Å². The van der Waals surface area contributed by atoms with Crippen LogP contribution in [0.15, 0.2) is 102 Å². The van der Waals surface area contributed by atoms with E-state index < -0.39 is 11.8 Å². The van der Waals surface area contributed by atoms with Crippen LogP contribution in [0.2, 0.25) is 5.02 Å². The zero-order chi connectivity index (χ0) is 31.5. The van der Waals surface area contributed by atoms with Gasteiger partial charge in [-0.2, -0.15) is 0 Å². The molecule has 4 aromatic carbocycles. The van der Waals surface area contributed by atoms with Crippen molar-refractivity contribution >= 4 is 58.5 Å². The fourth-order valence-corrected chi connectivity index (χ4v) is 4.91. The molecule has 0 bridgehead atoms. The van der Waals surface area contributed by atoms with E-state index in [2.05, 4.69) is 16.0 Å². The molecule has 0 aliphatic rings. The van der Waals surface area contributed by atoms with Crippen LogP contribution in [-0.4, -0.2) is 44.8 Å². The van der Waals surface area contributed by atoms with Crippen LogP contribution in [0.1, 0.15) is 15.9 Å². The van der Waals surface area contributed by atoms with E-state index in [1.165, 1.54) is 26.0 Å². The van der Waals surface area contributed by atoms with Crippen molar-refractivity contribution in [3.05, 3.63) is 113 Å². The van der Waals surface area contributed by atoms with Gasteiger partial charge in [-0.3, -0.25) is 14.4 Å². The van der Waals surface area contributed by atoms with Gasteiger partial charge in [-0.25, -0.2) is 0 Å². The molecule has 0 aliphatic carbocycles. The number of hydrogen-bond donors (Lipinski definition) is 3. The Kier molecular flexibility index (Phi) is 11.3. The third kappa shape index (κ3) is 8.79. The summed E-state index contributed by atoms with van der Waals surface area (Å²) in [4.78, 5) is 39.6. The highest BCUT2D eigenvalue weighted by molar-refractivity contribution is 8.00. The van der Waals surface area contributed by atoms with Gasteiger partial charge < -0.3 is 30.2 Å². The number of carbonyl (C=O) groups is 3. The number of rotatable bonds is 12. The normalized spacial score (nSPS) is 10.9. The van der Waals surface area contributed by atoms with Crippen molar-refractivity contribution in [2.75, 3.05) is 37.7 Å². The Labute approximate surface area is 264 Å². The molecule has 0 radical (unpaired) electrons. The number of benzene rings is 4. The van der Waals surface area contributed by atoms with Crippen LogP contribution in [0.4, 0.5) is 11.4 Å². The van der Waals surface area contributed by atoms with Crippen molar-refractivity contribution in [2.24, 2.45) is 0 Å². The molecular weight excluding hydrogens is 602 g/mol. The molecule has 0 aliphatic heterocycles. The minimum Gasteiger partial charge on any atom is -0.497 e. The van der Waals surface area contributed by atoms with Gasteiger partial charge in [-0.15, -0.1) is 11.8 Å². The summed E-state index contributed by atoms with van der Waals surface area (Å²) in [7, 11) is 4.53. The van der Waals surface area contributed by atoms with Gasteiger partial charge in [0.25, 0.3) is 11.8 Å². The third-order valence-electron chi connectivity index (χ3n) is 6.16. The maximum absolute atomic E-state index is 13.3. The zero-order valence-electron chi connectivity index (χ0n) is 24.2. The second-order valence-electron chi connectivity index (χ2n) is 9.16. The summed E-state index contributed by atoms with van der Waals surface area (Å²) in [5.41, 5.74) is 2.07. The number of methoxy groups -OCH3 is 3. The molecule has 11 heteroatoms. The Balaban J connectivity index is 1.41. The third-order valence-corrected chi connectivity index (χ3v) is 7.47. The van der Waals surface area contributed by atoms with Crippen molar-refractivity contribution in [2.45, 2.75) is 4.90 Å². The first kappa shape index (κ1) is 32.0. The van der Waals surface area contributed by atoms with Crippen LogP contribution >= 0.6 is 23.4 Å². The summed E-state index contributed by atoms with van der Waals surface area (Å²) in [5.74, 6) is 0.403. The highest BCUT2D eigenvalue weighted by atomic mass is 35.5. The molecule has 0 saturated carbocycles. The first-order chi connectivity index (χ1) is 21.3. The molecule has 0 fully saturated rings. The van der Waals surface area contributed by atoms with Crippen LogP contribution in [0, 0.1) is 0 Å². The molecule has 0 heterocycles. The molecule has 0 atom stereocenters. The lowest BCUT2D eigenvalue weighted by Gasteiger charge is -2.13. The van der Waals surface area contributed by atoms with Gasteiger partial charge in [-0.1, -0.05) is 41.9 Å². The molecule has 3 amide bonds. The van der Waals surface area contributed by atoms with E-state index >= 15 is 0 Å². The number of carbonyl (C=O) groups excluding carboxylic acids is 3. The molecule has 0 spiro atoms. The Bertz CT molecular complexity index is 1660. The predicted octanol–water partition coefficient (Wildman–Crippen LogP) is 6.51. The summed E-state index contributed by atoms with van der Waals surface area (Å²) >= 11 is 7.51. The first-order valence-electron chi connectivity index (χ1n) is 13.3. The van der Waals surface area contributed by atoms with E-state index in [1.54, 1.807) is 104 Å². The minimum absolute atomic E-state index is 0.0521. The van der Waals surface area contributed by atoms with Gasteiger partial charge in [0.05, 0.1) is 37.8 Å². The van der Waals surface area contributed by atoms with Crippen molar-refractivity contribution in [1.29, 1.82) is 0 Å². The lowest BCUT2D eigenvalue weighted by atomic mass is 10.1. The lowest BCUT2D eigenvalue weighted by Crippen LogP contribution is -2.30. The Hall–Kier alpha value is -4.93. The molecule has 3 N–H and O–H groups in total. The topological polar surface area (TPSA) is 115 Å². The average Bonchev–Trinajstić information content (AvgIpc) is 3.04. The monoisotopic (exact) mass is 631 g/mol. The lowest BCUT2D eigenvalue weighted by molar-refractivity contribution is -0.114. The predicted molar refractivity (Wildman–Crippen MR) is 174 cm³/mol. The summed E-state index contributed by atoms with van der Waals surface area (Å²) in [6.45, 7) is 0. The number of thioether (sulfide) groups is 1. The second kappa shape index (κ2) is 15.5. The summed E-state index contributed by atoms with van der Waals surface area (Å²) in [5, 5.41) is 8.68. The standard InChI is InChI=1S/C33H30ClN3O6S/c1-41-24-11-7-8-21(16-24)17-28(37-32(39)22-9-5-4-6-10-22)33(40)35-23-12-14-25(15-13-23)44-20-31(38)36-27-18-26(34)29(42-2)19-30(27)43-3/h4-19H,20H2,1-3H3,(H,35,40)(H,36,38)(H,37,39)/b28-17-.